The molecule has 0 aromatic heterocycles. The predicted octanol–water partition coefficient (Wildman–Crippen LogP) is 5.41. The second-order valence-corrected chi connectivity index (χ2v) is 8.94. The number of ether oxygens (including phenoxy) is 2. The van der Waals surface area contributed by atoms with Gasteiger partial charge in [0.15, 0.2) is 0 Å². The first-order chi connectivity index (χ1) is 17.1. The van der Waals surface area contributed by atoms with Crippen molar-refractivity contribution in [2.45, 2.75) is 19.3 Å². The van der Waals surface area contributed by atoms with Gasteiger partial charge in [0, 0.05) is 0 Å². The maximum Gasteiger partial charge on any atom is 0.119 e. The van der Waals surface area contributed by atoms with E-state index in [2.05, 4.69) is 86.6 Å². The Morgan fingerprint density at radius 1 is 0.571 bits per heavy atom. The number of rotatable bonds is 8. The van der Waals surface area contributed by atoms with Crippen molar-refractivity contribution < 1.29 is 19.7 Å². The number of hydrogen-bond acceptors (Lipinski definition) is 4. The molecule has 0 radical (unpaired) electrons. The van der Waals surface area contributed by atoms with Gasteiger partial charge in [-0.25, -0.2) is 0 Å². The van der Waals surface area contributed by atoms with Crippen LogP contribution in [0.25, 0.3) is 11.1 Å². The van der Waals surface area contributed by atoms with Crippen molar-refractivity contribution in [3.8, 4) is 22.6 Å². The van der Waals surface area contributed by atoms with Crippen LogP contribution in [0.3, 0.4) is 0 Å². The fraction of sp³-hybridized carbons (Fsp3) is 0.226. The molecule has 2 N–H and O–H groups in total. The van der Waals surface area contributed by atoms with Crippen LogP contribution in [0.15, 0.2) is 84.9 Å². The Kier molecular flexibility index (Phi) is 6.33. The summed E-state index contributed by atoms with van der Waals surface area (Å²) in [5.74, 6) is 1.46. The van der Waals surface area contributed by atoms with Gasteiger partial charge in [-0.3, -0.25) is 0 Å². The molecule has 178 valence electrons. The van der Waals surface area contributed by atoms with Gasteiger partial charge in [-0.1, -0.05) is 60.7 Å². The summed E-state index contributed by atoms with van der Waals surface area (Å²) >= 11 is 0. The molecule has 0 bridgehead atoms. The second kappa shape index (κ2) is 9.57. The SMILES string of the molecule is Cc1ccc(OCCO)cc1C1(c2cc(OCCO)ccc2C)c2ccccc2-c2ccccc21. The minimum absolute atomic E-state index is 0.0383. The zero-order chi connectivity index (χ0) is 24.4. The summed E-state index contributed by atoms with van der Waals surface area (Å²) in [6.45, 7) is 4.68. The van der Waals surface area contributed by atoms with E-state index in [4.69, 9.17) is 9.47 Å². The summed E-state index contributed by atoms with van der Waals surface area (Å²) in [6, 6.07) is 29.5. The zero-order valence-corrected chi connectivity index (χ0v) is 20.1. The topological polar surface area (TPSA) is 58.9 Å². The van der Waals surface area contributed by atoms with Crippen molar-refractivity contribution in [3.63, 3.8) is 0 Å². The highest BCUT2D eigenvalue weighted by Gasteiger charge is 2.47. The average molecular weight is 467 g/mol. The third-order valence-corrected chi connectivity index (χ3v) is 6.90. The smallest absolute Gasteiger partial charge is 0.119 e. The fourth-order valence-electron chi connectivity index (χ4n) is 5.48. The highest BCUT2D eigenvalue weighted by molar-refractivity contribution is 5.87. The van der Waals surface area contributed by atoms with Crippen LogP contribution in [0.2, 0.25) is 0 Å². The quantitative estimate of drug-likeness (QED) is 0.321. The normalized spacial score (nSPS) is 13.3. The first-order valence-corrected chi connectivity index (χ1v) is 12.0. The molecule has 4 aromatic carbocycles. The molecule has 0 saturated heterocycles. The predicted molar refractivity (Wildman–Crippen MR) is 138 cm³/mol. The van der Waals surface area contributed by atoms with Gasteiger partial charge in [0.25, 0.3) is 0 Å². The number of fused-ring (bicyclic) bond motifs is 3. The lowest BCUT2D eigenvalue weighted by Gasteiger charge is -2.36. The Morgan fingerprint density at radius 3 is 1.43 bits per heavy atom. The monoisotopic (exact) mass is 466 g/mol. The number of aliphatic hydroxyl groups is 2. The van der Waals surface area contributed by atoms with E-state index in [1.807, 2.05) is 12.1 Å². The maximum absolute atomic E-state index is 9.33. The molecule has 0 amide bonds. The molecule has 35 heavy (non-hydrogen) atoms. The molecule has 0 spiro atoms. The van der Waals surface area contributed by atoms with Crippen molar-refractivity contribution in [1.29, 1.82) is 0 Å². The maximum atomic E-state index is 9.33. The molecule has 0 saturated carbocycles. The molecule has 0 heterocycles. The molecule has 1 aliphatic carbocycles. The minimum Gasteiger partial charge on any atom is -0.491 e. The summed E-state index contributed by atoms with van der Waals surface area (Å²) < 4.78 is 11.7. The van der Waals surface area contributed by atoms with Crippen LogP contribution in [-0.4, -0.2) is 36.6 Å². The first-order valence-electron chi connectivity index (χ1n) is 12.0. The lowest BCUT2D eigenvalue weighted by Crippen LogP contribution is -2.30. The van der Waals surface area contributed by atoms with Crippen LogP contribution < -0.4 is 9.47 Å². The lowest BCUT2D eigenvalue weighted by molar-refractivity contribution is 0.201. The second-order valence-electron chi connectivity index (χ2n) is 8.94. The van der Waals surface area contributed by atoms with Crippen molar-refractivity contribution in [3.05, 3.63) is 118 Å². The zero-order valence-electron chi connectivity index (χ0n) is 20.1. The van der Waals surface area contributed by atoms with E-state index in [-0.39, 0.29) is 26.4 Å². The lowest BCUT2D eigenvalue weighted by atomic mass is 9.65. The van der Waals surface area contributed by atoms with E-state index < -0.39 is 5.41 Å². The van der Waals surface area contributed by atoms with Gasteiger partial charge in [-0.2, -0.15) is 0 Å². The molecule has 0 unspecified atom stereocenters. The van der Waals surface area contributed by atoms with Crippen molar-refractivity contribution in [2.24, 2.45) is 0 Å². The van der Waals surface area contributed by atoms with Gasteiger partial charge in [-0.15, -0.1) is 0 Å². The molecule has 4 heteroatoms. The summed E-state index contributed by atoms with van der Waals surface area (Å²) in [5.41, 5.74) is 8.83. The standard InChI is InChI=1S/C31H30O4/c1-21-11-13-23(34-17-15-32)19-29(21)31(30-20-24(35-18-16-33)14-12-22(30)2)27-9-5-3-7-25(27)26-8-4-6-10-28(26)31/h3-14,19-20,32-33H,15-18H2,1-2H3. The summed E-state index contributed by atoms with van der Waals surface area (Å²) in [7, 11) is 0. The average Bonchev–Trinajstić information content (AvgIpc) is 3.19. The fourth-order valence-corrected chi connectivity index (χ4v) is 5.48. The van der Waals surface area contributed by atoms with E-state index >= 15 is 0 Å². The molecule has 0 aliphatic heterocycles. The van der Waals surface area contributed by atoms with Crippen molar-refractivity contribution in [1.82, 2.24) is 0 Å². The molecular formula is C31H30O4. The molecular weight excluding hydrogens is 436 g/mol. The largest absolute Gasteiger partial charge is 0.491 e. The molecule has 0 fully saturated rings. The van der Waals surface area contributed by atoms with Crippen LogP contribution in [0.4, 0.5) is 0 Å². The van der Waals surface area contributed by atoms with Gasteiger partial charge < -0.3 is 19.7 Å². The summed E-state index contributed by atoms with van der Waals surface area (Å²) in [5, 5.41) is 18.7. The Labute approximate surface area is 206 Å². The van der Waals surface area contributed by atoms with Gasteiger partial charge in [0.2, 0.25) is 0 Å². The van der Waals surface area contributed by atoms with Gasteiger partial charge in [0.05, 0.1) is 18.6 Å². The number of benzene rings is 4. The Hall–Kier alpha value is -3.60. The first kappa shape index (κ1) is 23.2. The van der Waals surface area contributed by atoms with E-state index in [1.165, 1.54) is 22.3 Å². The van der Waals surface area contributed by atoms with Gasteiger partial charge in [0.1, 0.15) is 24.7 Å². The van der Waals surface area contributed by atoms with E-state index in [9.17, 15) is 10.2 Å². The van der Waals surface area contributed by atoms with Crippen LogP contribution >= 0.6 is 0 Å². The molecule has 4 nitrogen and oxygen atoms in total. The molecule has 1 aliphatic rings. The Bertz CT molecular complexity index is 1250. The summed E-state index contributed by atoms with van der Waals surface area (Å²) in [4.78, 5) is 0. The molecule has 4 aromatic rings. The van der Waals surface area contributed by atoms with E-state index in [1.54, 1.807) is 0 Å². The van der Waals surface area contributed by atoms with Gasteiger partial charge in [-0.05, 0) is 82.6 Å². The molecule has 0 atom stereocenters. The van der Waals surface area contributed by atoms with Crippen LogP contribution in [0, 0.1) is 13.8 Å². The third-order valence-electron chi connectivity index (χ3n) is 6.90. The van der Waals surface area contributed by atoms with Crippen LogP contribution in [-0.2, 0) is 5.41 Å². The Morgan fingerprint density at radius 2 is 1.00 bits per heavy atom. The van der Waals surface area contributed by atoms with E-state index in [0.717, 1.165) is 33.8 Å². The highest BCUT2D eigenvalue weighted by Crippen LogP contribution is 2.57. The minimum atomic E-state index is -0.585. The van der Waals surface area contributed by atoms with E-state index in [0.29, 0.717) is 0 Å². The third kappa shape index (κ3) is 3.79. The van der Waals surface area contributed by atoms with Crippen molar-refractivity contribution >= 4 is 0 Å². The highest BCUT2D eigenvalue weighted by atomic mass is 16.5. The van der Waals surface area contributed by atoms with Gasteiger partial charge >= 0.3 is 0 Å². The van der Waals surface area contributed by atoms with Crippen LogP contribution in [0.1, 0.15) is 33.4 Å². The van der Waals surface area contributed by atoms with Crippen molar-refractivity contribution in [2.75, 3.05) is 26.4 Å². The summed E-state index contributed by atoms with van der Waals surface area (Å²) in [6.07, 6.45) is 0. The van der Waals surface area contributed by atoms with Crippen LogP contribution in [0.5, 0.6) is 11.5 Å². The number of aliphatic hydroxyl groups excluding tert-OH is 2. The number of aryl methyl sites for hydroxylation is 2. The Balaban J connectivity index is 1.88. The number of hydrogen-bond donors (Lipinski definition) is 2. The molecule has 5 rings (SSSR count).